The van der Waals surface area contributed by atoms with Crippen LogP contribution in [0.15, 0.2) is 18.2 Å². The molecule has 0 saturated carbocycles. The predicted molar refractivity (Wildman–Crippen MR) is 97.1 cm³/mol. The van der Waals surface area contributed by atoms with E-state index in [1.54, 1.807) is 19.5 Å². The van der Waals surface area contributed by atoms with E-state index in [0.29, 0.717) is 11.5 Å². The molecule has 0 radical (unpaired) electrons. The second-order valence-electron chi connectivity index (χ2n) is 6.89. The van der Waals surface area contributed by atoms with E-state index in [1.807, 2.05) is 23.5 Å². The van der Waals surface area contributed by atoms with Crippen LogP contribution in [0.5, 0.6) is 11.5 Å². The first kappa shape index (κ1) is 22.8. The highest BCUT2D eigenvalue weighted by Crippen LogP contribution is 2.27. The number of amides is 3. The van der Waals surface area contributed by atoms with E-state index >= 15 is 0 Å². The lowest BCUT2D eigenvalue weighted by Crippen LogP contribution is -3.28. The van der Waals surface area contributed by atoms with Crippen LogP contribution in [0.2, 0.25) is 0 Å². The van der Waals surface area contributed by atoms with Gasteiger partial charge in [0.15, 0.2) is 18.0 Å². The zero-order chi connectivity index (χ0) is 21.4. The molecule has 29 heavy (non-hydrogen) atoms. The summed E-state index contributed by atoms with van der Waals surface area (Å²) in [6.45, 7) is 2.48. The number of carbonyl (C=O) groups excluding carboxylic acids is 2. The van der Waals surface area contributed by atoms with Gasteiger partial charge in [-0.15, -0.1) is 0 Å². The lowest BCUT2D eigenvalue weighted by molar-refractivity contribution is -1.02. The van der Waals surface area contributed by atoms with E-state index in [2.05, 4.69) is 0 Å². The van der Waals surface area contributed by atoms with E-state index in [0.717, 1.165) is 43.2 Å². The van der Waals surface area contributed by atoms with Crippen molar-refractivity contribution in [3.8, 4) is 11.5 Å². The number of halogens is 3. The number of nitrogens with one attached hydrogen (secondary N) is 4. The highest BCUT2D eigenvalue weighted by atomic mass is 19.4. The zero-order valence-electron chi connectivity index (χ0n) is 16.4. The Labute approximate surface area is 166 Å². The smallest absolute Gasteiger partial charge is 0.405 e. The molecule has 1 aliphatic heterocycles. The first-order chi connectivity index (χ1) is 13.7. The van der Waals surface area contributed by atoms with Crippen LogP contribution in [0, 0.1) is 0 Å². The quantitative estimate of drug-likeness (QED) is 0.427. The van der Waals surface area contributed by atoms with Gasteiger partial charge in [0, 0.05) is 5.56 Å². The molecule has 0 aromatic heterocycles. The summed E-state index contributed by atoms with van der Waals surface area (Å²) in [7, 11) is 3.17. The van der Waals surface area contributed by atoms with E-state index in [4.69, 9.17) is 9.47 Å². The molecule has 1 heterocycles. The second kappa shape index (κ2) is 10.3. The Hall–Kier alpha value is -2.53. The van der Waals surface area contributed by atoms with Crippen LogP contribution in [-0.2, 0) is 11.3 Å². The normalized spacial score (nSPS) is 19.3. The molecule has 2 rings (SSSR count). The fraction of sp³-hybridized carbons (Fsp3) is 0.556. The van der Waals surface area contributed by atoms with Crippen molar-refractivity contribution in [2.45, 2.75) is 12.7 Å². The minimum atomic E-state index is -4.52. The van der Waals surface area contributed by atoms with Gasteiger partial charge < -0.3 is 24.6 Å². The fourth-order valence-corrected chi connectivity index (χ4v) is 3.21. The molecule has 8 nitrogen and oxygen atoms in total. The summed E-state index contributed by atoms with van der Waals surface area (Å²) < 4.78 is 46.7. The number of piperazine rings is 1. The standard InChI is InChI=1S/C18H25F3N4O4/c1-28-14-4-3-13(9-15(14)29-2)10-24-5-7-25(8-6-24)11-16(26)23-17(27)22-12-18(19,20)21/h3-4,9H,5-8,10-12H2,1-2H3,(H2,22,23,26,27)/p+2. The molecule has 0 spiro atoms. The largest absolute Gasteiger partial charge is 0.493 e. The summed E-state index contributed by atoms with van der Waals surface area (Å²) in [5.41, 5.74) is 1.11. The number of benzene rings is 1. The maximum absolute atomic E-state index is 12.1. The second-order valence-corrected chi connectivity index (χ2v) is 6.89. The number of alkyl halides is 3. The van der Waals surface area contributed by atoms with Gasteiger partial charge >= 0.3 is 12.2 Å². The van der Waals surface area contributed by atoms with Crippen molar-refractivity contribution in [2.75, 3.05) is 53.5 Å². The molecule has 4 N–H and O–H groups in total. The number of hydrogen-bond donors (Lipinski definition) is 4. The van der Waals surface area contributed by atoms with Gasteiger partial charge in [0.25, 0.3) is 5.91 Å². The molecule has 0 unspecified atom stereocenters. The Kier molecular flexibility index (Phi) is 8.09. The van der Waals surface area contributed by atoms with Crippen molar-refractivity contribution < 1.29 is 42.0 Å². The zero-order valence-corrected chi connectivity index (χ0v) is 16.4. The molecule has 1 aromatic rings. The predicted octanol–water partition coefficient (Wildman–Crippen LogP) is -1.62. The molecule has 1 aromatic carbocycles. The fourth-order valence-electron chi connectivity index (χ4n) is 3.21. The van der Waals surface area contributed by atoms with Crippen LogP contribution in [0.1, 0.15) is 5.56 Å². The first-order valence-corrected chi connectivity index (χ1v) is 9.22. The third kappa shape index (κ3) is 7.78. The number of imide groups is 1. The van der Waals surface area contributed by atoms with Crippen LogP contribution in [0.4, 0.5) is 18.0 Å². The van der Waals surface area contributed by atoms with Crippen molar-refractivity contribution in [3.05, 3.63) is 23.8 Å². The van der Waals surface area contributed by atoms with Crippen molar-refractivity contribution in [1.29, 1.82) is 0 Å². The third-order valence-corrected chi connectivity index (χ3v) is 4.68. The lowest BCUT2D eigenvalue weighted by atomic mass is 10.1. The highest BCUT2D eigenvalue weighted by molar-refractivity contribution is 5.94. The van der Waals surface area contributed by atoms with Gasteiger partial charge in [-0.2, -0.15) is 13.2 Å². The van der Waals surface area contributed by atoms with Crippen LogP contribution < -0.4 is 29.9 Å². The van der Waals surface area contributed by atoms with Crippen LogP contribution in [0.3, 0.4) is 0 Å². The molecular weight excluding hydrogens is 393 g/mol. The molecule has 1 saturated heterocycles. The average molecular weight is 420 g/mol. The molecule has 3 amide bonds. The van der Waals surface area contributed by atoms with Crippen LogP contribution in [0.25, 0.3) is 0 Å². The molecule has 0 aliphatic carbocycles. The average Bonchev–Trinajstić information content (AvgIpc) is 2.67. The first-order valence-electron chi connectivity index (χ1n) is 9.22. The van der Waals surface area contributed by atoms with Gasteiger partial charge in [0.05, 0.1) is 14.2 Å². The number of quaternary nitrogens is 2. The Morgan fingerprint density at radius 1 is 1.03 bits per heavy atom. The van der Waals surface area contributed by atoms with Crippen molar-refractivity contribution in [2.24, 2.45) is 0 Å². The van der Waals surface area contributed by atoms with Gasteiger partial charge in [0.1, 0.15) is 39.3 Å². The van der Waals surface area contributed by atoms with E-state index in [9.17, 15) is 22.8 Å². The van der Waals surface area contributed by atoms with Gasteiger partial charge in [-0.25, -0.2) is 4.79 Å². The molecule has 11 heteroatoms. The third-order valence-electron chi connectivity index (χ3n) is 4.68. The van der Waals surface area contributed by atoms with Gasteiger partial charge in [-0.05, 0) is 18.2 Å². The van der Waals surface area contributed by atoms with Gasteiger partial charge in [0.2, 0.25) is 0 Å². The van der Waals surface area contributed by atoms with E-state index < -0.39 is 24.7 Å². The SMILES string of the molecule is COc1ccc(C[NH+]2CC[NH+](CC(=O)NC(=O)NCC(F)(F)F)CC2)cc1OC. The van der Waals surface area contributed by atoms with Crippen molar-refractivity contribution in [3.63, 3.8) is 0 Å². The van der Waals surface area contributed by atoms with Crippen LogP contribution in [-0.4, -0.2) is 71.6 Å². The Morgan fingerprint density at radius 3 is 2.24 bits per heavy atom. The lowest BCUT2D eigenvalue weighted by Gasteiger charge is -2.29. The molecule has 0 atom stereocenters. The number of urea groups is 1. The number of rotatable bonds is 7. The van der Waals surface area contributed by atoms with Crippen LogP contribution >= 0.6 is 0 Å². The van der Waals surface area contributed by atoms with Gasteiger partial charge in [-0.1, -0.05) is 0 Å². The number of ether oxygens (including phenoxy) is 2. The van der Waals surface area contributed by atoms with E-state index in [-0.39, 0.29) is 6.54 Å². The minimum Gasteiger partial charge on any atom is -0.493 e. The maximum Gasteiger partial charge on any atom is 0.405 e. The molecule has 0 bridgehead atoms. The summed E-state index contributed by atoms with van der Waals surface area (Å²) in [6.07, 6.45) is -4.52. The maximum atomic E-state index is 12.1. The molecule has 162 valence electrons. The Balaban J connectivity index is 1.73. The summed E-state index contributed by atoms with van der Waals surface area (Å²) in [5, 5.41) is 3.55. The summed E-state index contributed by atoms with van der Waals surface area (Å²) in [5.74, 6) is 0.753. The molecule has 1 aliphatic rings. The molecule has 1 fully saturated rings. The van der Waals surface area contributed by atoms with Gasteiger partial charge in [-0.3, -0.25) is 10.1 Å². The topological polar surface area (TPSA) is 85.5 Å². The molecular formula is C18H27F3N4O4+2. The number of carbonyl (C=O) groups is 2. The number of hydrogen-bond acceptors (Lipinski definition) is 4. The van der Waals surface area contributed by atoms with Crippen molar-refractivity contribution >= 4 is 11.9 Å². The summed E-state index contributed by atoms with van der Waals surface area (Å²) in [4.78, 5) is 25.5. The van der Waals surface area contributed by atoms with E-state index in [1.165, 1.54) is 4.90 Å². The minimum absolute atomic E-state index is 0.0447. The number of methoxy groups -OCH3 is 2. The highest BCUT2D eigenvalue weighted by Gasteiger charge is 2.29. The van der Waals surface area contributed by atoms with Crippen molar-refractivity contribution in [1.82, 2.24) is 10.6 Å². The monoisotopic (exact) mass is 420 g/mol. The Bertz CT molecular complexity index is 707. The summed E-state index contributed by atoms with van der Waals surface area (Å²) >= 11 is 0. The Morgan fingerprint density at radius 2 is 1.66 bits per heavy atom. The summed E-state index contributed by atoms with van der Waals surface area (Å²) in [6, 6.07) is 4.66.